The summed E-state index contributed by atoms with van der Waals surface area (Å²) in [5, 5.41) is 11.0. The maximum Gasteiger partial charge on any atom is 0.234 e. The van der Waals surface area contributed by atoms with Gasteiger partial charge in [-0.05, 0) is 11.5 Å². The fraction of sp³-hybridized carbons (Fsp3) is 0.357. The molecule has 19 heavy (non-hydrogen) atoms. The summed E-state index contributed by atoms with van der Waals surface area (Å²) in [5.41, 5.74) is 2.65. The van der Waals surface area contributed by atoms with Crippen molar-refractivity contribution in [3.8, 4) is 0 Å². The van der Waals surface area contributed by atoms with E-state index in [9.17, 15) is 4.79 Å². The SMILES string of the molecule is CC[C@@H](C)[C@@H](C(=O)Nc1nncs1)c1ccccc1. The maximum absolute atomic E-state index is 12.4. The van der Waals surface area contributed by atoms with Crippen LogP contribution in [-0.4, -0.2) is 16.1 Å². The van der Waals surface area contributed by atoms with Gasteiger partial charge >= 0.3 is 0 Å². The summed E-state index contributed by atoms with van der Waals surface area (Å²) in [5.74, 6) is 0.0997. The Morgan fingerprint density at radius 1 is 1.37 bits per heavy atom. The predicted molar refractivity (Wildman–Crippen MR) is 77.2 cm³/mol. The van der Waals surface area contributed by atoms with E-state index in [1.165, 1.54) is 11.3 Å². The van der Waals surface area contributed by atoms with E-state index in [0.717, 1.165) is 12.0 Å². The van der Waals surface area contributed by atoms with E-state index in [1.807, 2.05) is 30.3 Å². The monoisotopic (exact) mass is 275 g/mol. The first-order chi connectivity index (χ1) is 9.22. The number of hydrogen-bond acceptors (Lipinski definition) is 4. The molecule has 2 atom stereocenters. The highest BCUT2D eigenvalue weighted by Crippen LogP contribution is 2.28. The van der Waals surface area contributed by atoms with Crippen molar-refractivity contribution in [2.45, 2.75) is 26.2 Å². The zero-order valence-electron chi connectivity index (χ0n) is 11.0. The van der Waals surface area contributed by atoms with Crippen molar-refractivity contribution >= 4 is 22.4 Å². The Morgan fingerprint density at radius 2 is 2.11 bits per heavy atom. The van der Waals surface area contributed by atoms with Crippen molar-refractivity contribution in [1.29, 1.82) is 0 Å². The first kappa shape index (κ1) is 13.7. The Labute approximate surface area is 116 Å². The van der Waals surface area contributed by atoms with E-state index in [-0.39, 0.29) is 17.7 Å². The van der Waals surface area contributed by atoms with Crippen LogP contribution in [0.5, 0.6) is 0 Å². The van der Waals surface area contributed by atoms with Crippen LogP contribution in [0.15, 0.2) is 35.8 Å². The van der Waals surface area contributed by atoms with Crippen LogP contribution in [0.3, 0.4) is 0 Å². The summed E-state index contributed by atoms with van der Waals surface area (Å²) in [7, 11) is 0. The van der Waals surface area contributed by atoms with Crippen LogP contribution in [0.2, 0.25) is 0 Å². The molecule has 0 radical (unpaired) electrons. The minimum Gasteiger partial charge on any atom is -0.300 e. The number of carbonyl (C=O) groups is 1. The third-order valence-electron chi connectivity index (χ3n) is 3.24. The van der Waals surface area contributed by atoms with Crippen LogP contribution in [0.4, 0.5) is 5.13 Å². The Kier molecular flexibility index (Phi) is 4.63. The van der Waals surface area contributed by atoms with Gasteiger partial charge in [0.05, 0.1) is 5.92 Å². The maximum atomic E-state index is 12.4. The summed E-state index contributed by atoms with van der Waals surface area (Å²) in [6.07, 6.45) is 0.948. The van der Waals surface area contributed by atoms with Gasteiger partial charge in [-0.3, -0.25) is 10.1 Å². The Balaban J connectivity index is 2.20. The van der Waals surface area contributed by atoms with Gasteiger partial charge in [0.1, 0.15) is 5.51 Å². The average Bonchev–Trinajstić information content (AvgIpc) is 2.93. The molecule has 5 heteroatoms. The lowest BCUT2D eigenvalue weighted by Gasteiger charge is -2.22. The molecule has 100 valence electrons. The standard InChI is InChI=1S/C14H17N3OS/c1-3-10(2)12(11-7-5-4-6-8-11)13(18)16-14-17-15-9-19-14/h4-10,12H,3H2,1-2H3,(H,16,17,18)/t10-,12-/m1/s1. The van der Waals surface area contributed by atoms with Crippen molar-refractivity contribution in [1.82, 2.24) is 10.2 Å². The van der Waals surface area contributed by atoms with Gasteiger partial charge in [-0.15, -0.1) is 10.2 Å². The van der Waals surface area contributed by atoms with Crippen LogP contribution in [0.1, 0.15) is 31.7 Å². The second-order valence-electron chi connectivity index (χ2n) is 4.51. The van der Waals surface area contributed by atoms with Gasteiger partial charge in [0.2, 0.25) is 11.0 Å². The number of anilines is 1. The van der Waals surface area contributed by atoms with Crippen LogP contribution < -0.4 is 5.32 Å². The molecule has 1 aromatic heterocycles. The molecular weight excluding hydrogens is 258 g/mol. The molecule has 0 bridgehead atoms. The highest BCUT2D eigenvalue weighted by Gasteiger charge is 2.26. The van der Waals surface area contributed by atoms with Gasteiger partial charge in [-0.1, -0.05) is 61.9 Å². The smallest absolute Gasteiger partial charge is 0.234 e. The minimum absolute atomic E-state index is 0.0164. The average molecular weight is 275 g/mol. The van der Waals surface area contributed by atoms with E-state index < -0.39 is 0 Å². The highest BCUT2D eigenvalue weighted by molar-refractivity contribution is 7.13. The van der Waals surface area contributed by atoms with Crippen molar-refractivity contribution in [3.63, 3.8) is 0 Å². The van der Waals surface area contributed by atoms with Crippen LogP contribution in [0.25, 0.3) is 0 Å². The van der Waals surface area contributed by atoms with Crippen molar-refractivity contribution in [3.05, 3.63) is 41.4 Å². The quantitative estimate of drug-likeness (QED) is 0.910. The summed E-state index contributed by atoms with van der Waals surface area (Å²) < 4.78 is 0. The third kappa shape index (κ3) is 3.38. The second-order valence-corrected chi connectivity index (χ2v) is 5.34. The van der Waals surface area contributed by atoms with Gasteiger partial charge < -0.3 is 0 Å². The van der Waals surface area contributed by atoms with Crippen LogP contribution in [0, 0.1) is 5.92 Å². The second kappa shape index (κ2) is 6.43. The molecule has 0 aliphatic rings. The zero-order valence-corrected chi connectivity index (χ0v) is 11.9. The lowest BCUT2D eigenvalue weighted by molar-refractivity contribution is -0.118. The van der Waals surface area contributed by atoms with E-state index in [0.29, 0.717) is 5.13 Å². The van der Waals surface area contributed by atoms with Gasteiger partial charge in [0.25, 0.3) is 0 Å². The topological polar surface area (TPSA) is 54.9 Å². The number of nitrogens with zero attached hydrogens (tertiary/aromatic N) is 2. The van der Waals surface area contributed by atoms with Crippen molar-refractivity contribution in [2.24, 2.45) is 5.92 Å². The van der Waals surface area contributed by atoms with Crippen molar-refractivity contribution < 1.29 is 4.79 Å². The molecule has 0 saturated heterocycles. The number of aromatic nitrogens is 2. The fourth-order valence-electron chi connectivity index (χ4n) is 2.05. The van der Waals surface area contributed by atoms with E-state index >= 15 is 0 Å². The zero-order chi connectivity index (χ0) is 13.7. The number of carbonyl (C=O) groups excluding carboxylic acids is 1. The number of hydrogen-bond donors (Lipinski definition) is 1. The van der Waals surface area contributed by atoms with Crippen molar-refractivity contribution in [2.75, 3.05) is 5.32 Å². The molecule has 4 nitrogen and oxygen atoms in total. The lowest BCUT2D eigenvalue weighted by Crippen LogP contribution is -2.26. The predicted octanol–water partition coefficient (Wildman–Crippen LogP) is 3.31. The molecule has 0 unspecified atom stereocenters. The molecule has 2 aromatic rings. The normalized spacial score (nSPS) is 13.8. The lowest BCUT2D eigenvalue weighted by atomic mass is 9.85. The summed E-state index contributed by atoms with van der Waals surface area (Å²) in [4.78, 5) is 12.4. The highest BCUT2D eigenvalue weighted by atomic mass is 32.1. The molecule has 1 N–H and O–H groups in total. The summed E-state index contributed by atoms with van der Waals surface area (Å²) >= 11 is 1.33. The van der Waals surface area contributed by atoms with Gasteiger partial charge in [-0.2, -0.15) is 0 Å². The van der Waals surface area contributed by atoms with Crippen LogP contribution in [-0.2, 0) is 4.79 Å². The molecule has 0 fully saturated rings. The van der Waals surface area contributed by atoms with E-state index in [2.05, 4.69) is 29.4 Å². The van der Waals surface area contributed by atoms with E-state index in [1.54, 1.807) is 5.51 Å². The first-order valence-corrected chi connectivity index (χ1v) is 7.22. The molecule has 1 aromatic carbocycles. The van der Waals surface area contributed by atoms with Gasteiger partial charge in [0.15, 0.2) is 0 Å². The fourth-order valence-corrected chi connectivity index (χ4v) is 2.49. The van der Waals surface area contributed by atoms with Gasteiger partial charge in [0, 0.05) is 0 Å². The first-order valence-electron chi connectivity index (χ1n) is 6.34. The Morgan fingerprint density at radius 3 is 2.68 bits per heavy atom. The number of amides is 1. The summed E-state index contributed by atoms with van der Waals surface area (Å²) in [6, 6.07) is 9.87. The molecule has 0 aliphatic heterocycles. The molecule has 2 rings (SSSR count). The van der Waals surface area contributed by atoms with Crippen LogP contribution >= 0.6 is 11.3 Å². The number of nitrogens with one attached hydrogen (secondary N) is 1. The Bertz CT molecular complexity index is 513. The van der Waals surface area contributed by atoms with E-state index in [4.69, 9.17) is 0 Å². The molecular formula is C14H17N3OS. The molecule has 0 spiro atoms. The number of benzene rings is 1. The van der Waals surface area contributed by atoms with Gasteiger partial charge in [-0.25, -0.2) is 0 Å². The molecule has 0 aliphatic carbocycles. The summed E-state index contributed by atoms with van der Waals surface area (Å²) in [6.45, 7) is 4.19. The molecule has 1 heterocycles. The Hall–Kier alpha value is -1.75. The molecule has 0 saturated carbocycles. The largest absolute Gasteiger partial charge is 0.300 e. The third-order valence-corrected chi connectivity index (χ3v) is 3.85. The minimum atomic E-state index is -0.157. The number of rotatable bonds is 5. The molecule has 1 amide bonds.